The van der Waals surface area contributed by atoms with Crippen LogP contribution in [0.4, 0.5) is 0 Å². The zero-order chi connectivity index (χ0) is 11.7. The monoisotopic (exact) mass is 225 g/mol. The van der Waals surface area contributed by atoms with Gasteiger partial charge >= 0.3 is 0 Å². The van der Waals surface area contributed by atoms with Crippen molar-refractivity contribution in [1.29, 1.82) is 0 Å². The van der Waals surface area contributed by atoms with Crippen molar-refractivity contribution in [2.75, 3.05) is 7.11 Å². The number of furan rings is 1. The molecule has 0 aliphatic rings. The third-order valence-corrected chi connectivity index (χ3v) is 2.66. The molecule has 2 aromatic heterocycles. The van der Waals surface area contributed by atoms with Gasteiger partial charge in [-0.1, -0.05) is 18.2 Å². The maximum Gasteiger partial charge on any atom is 0.156 e. The second kappa shape index (κ2) is 3.94. The van der Waals surface area contributed by atoms with E-state index in [1.165, 1.54) is 0 Å². The molecule has 0 radical (unpaired) electrons. The number of methoxy groups -OCH3 is 1. The molecule has 0 N–H and O–H groups in total. The molecule has 0 atom stereocenters. The number of para-hydroxylation sites is 1. The first-order valence-electron chi connectivity index (χ1n) is 5.36. The minimum Gasteiger partial charge on any atom is -0.494 e. The quantitative estimate of drug-likeness (QED) is 0.669. The Bertz CT molecular complexity index is 644. The minimum absolute atomic E-state index is 0.715. The Morgan fingerprint density at radius 1 is 1.12 bits per heavy atom. The molecule has 1 aromatic carbocycles. The van der Waals surface area contributed by atoms with E-state index < -0.39 is 0 Å². The van der Waals surface area contributed by atoms with Crippen molar-refractivity contribution in [3.05, 3.63) is 48.7 Å². The van der Waals surface area contributed by atoms with Crippen molar-refractivity contribution in [2.24, 2.45) is 0 Å². The van der Waals surface area contributed by atoms with E-state index in [0.29, 0.717) is 5.76 Å². The van der Waals surface area contributed by atoms with Crippen molar-refractivity contribution >= 4 is 10.9 Å². The zero-order valence-electron chi connectivity index (χ0n) is 9.38. The Labute approximate surface area is 98.7 Å². The molecule has 0 fully saturated rings. The van der Waals surface area contributed by atoms with Gasteiger partial charge in [0.15, 0.2) is 5.76 Å². The van der Waals surface area contributed by atoms with Crippen LogP contribution < -0.4 is 4.74 Å². The number of fused-ring (bicyclic) bond motifs is 1. The van der Waals surface area contributed by atoms with Crippen LogP contribution in [-0.2, 0) is 0 Å². The summed E-state index contributed by atoms with van der Waals surface area (Å²) >= 11 is 0. The molecule has 3 aromatic rings. The van der Waals surface area contributed by atoms with Gasteiger partial charge in [-0.05, 0) is 24.3 Å². The van der Waals surface area contributed by atoms with Gasteiger partial charge in [-0.2, -0.15) is 0 Å². The Morgan fingerprint density at radius 3 is 2.76 bits per heavy atom. The maximum absolute atomic E-state index is 5.37. The van der Waals surface area contributed by atoms with Crippen LogP contribution >= 0.6 is 0 Å². The largest absolute Gasteiger partial charge is 0.494 e. The lowest BCUT2D eigenvalue weighted by Crippen LogP contribution is -1.91. The van der Waals surface area contributed by atoms with Gasteiger partial charge < -0.3 is 9.15 Å². The summed E-state index contributed by atoms with van der Waals surface area (Å²) in [5.41, 5.74) is 1.66. The summed E-state index contributed by atoms with van der Waals surface area (Å²) < 4.78 is 10.7. The molecule has 0 unspecified atom stereocenters. The molecule has 0 bridgehead atoms. The molecule has 3 heteroatoms. The molecule has 84 valence electrons. The summed E-state index contributed by atoms with van der Waals surface area (Å²) in [5.74, 6) is 1.44. The van der Waals surface area contributed by atoms with Crippen molar-refractivity contribution in [3.8, 4) is 17.2 Å². The number of rotatable bonds is 2. The highest BCUT2D eigenvalue weighted by atomic mass is 16.5. The van der Waals surface area contributed by atoms with E-state index in [-0.39, 0.29) is 0 Å². The smallest absolute Gasteiger partial charge is 0.156 e. The van der Waals surface area contributed by atoms with E-state index in [1.54, 1.807) is 13.4 Å². The predicted molar refractivity (Wildman–Crippen MR) is 66.0 cm³/mol. The molecule has 17 heavy (non-hydrogen) atoms. The number of nitrogens with zero attached hydrogens (tertiary/aromatic N) is 1. The summed E-state index contributed by atoms with van der Waals surface area (Å²) in [6.07, 6.45) is 1.63. The summed E-state index contributed by atoms with van der Waals surface area (Å²) in [4.78, 5) is 4.57. The molecule has 0 spiro atoms. The predicted octanol–water partition coefficient (Wildman–Crippen LogP) is 3.50. The maximum atomic E-state index is 5.37. The highest BCUT2D eigenvalue weighted by Gasteiger charge is 2.11. The third kappa shape index (κ3) is 1.65. The Morgan fingerprint density at radius 2 is 2.00 bits per heavy atom. The van der Waals surface area contributed by atoms with Crippen LogP contribution in [0.3, 0.4) is 0 Å². The molecule has 0 aliphatic heterocycles. The summed E-state index contributed by atoms with van der Waals surface area (Å²) in [6.45, 7) is 0. The number of aromatic nitrogens is 1. The average molecular weight is 225 g/mol. The standard InChI is InChI=1S/C14H11NO2/c1-16-13-9-10-5-2-3-6-11(10)15-14(13)12-7-4-8-17-12/h2-9H,1H3. The van der Waals surface area contributed by atoms with Crippen molar-refractivity contribution in [3.63, 3.8) is 0 Å². The van der Waals surface area contributed by atoms with Gasteiger partial charge in [-0.3, -0.25) is 0 Å². The second-order valence-corrected chi connectivity index (χ2v) is 3.71. The van der Waals surface area contributed by atoms with E-state index in [9.17, 15) is 0 Å². The highest BCUT2D eigenvalue weighted by Crippen LogP contribution is 2.31. The van der Waals surface area contributed by atoms with E-state index in [0.717, 1.165) is 22.3 Å². The summed E-state index contributed by atoms with van der Waals surface area (Å²) in [7, 11) is 1.64. The first-order chi connectivity index (χ1) is 8.38. The normalized spacial score (nSPS) is 10.6. The van der Waals surface area contributed by atoms with Crippen LogP contribution in [-0.4, -0.2) is 12.1 Å². The van der Waals surface area contributed by atoms with Crippen molar-refractivity contribution in [1.82, 2.24) is 4.98 Å². The summed E-state index contributed by atoms with van der Waals surface area (Å²) in [6, 6.07) is 13.6. The van der Waals surface area contributed by atoms with Gasteiger partial charge in [-0.25, -0.2) is 4.98 Å². The lowest BCUT2D eigenvalue weighted by molar-refractivity contribution is 0.413. The van der Waals surface area contributed by atoms with Crippen LogP contribution in [0, 0.1) is 0 Å². The van der Waals surface area contributed by atoms with E-state index in [2.05, 4.69) is 4.98 Å². The van der Waals surface area contributed by atoms with Crippen LogP contribution in [0.15, 0.2) is 53.1 Å². The Kier molecular flexibility index (Phi) is 2.29. The molecule has 2 heterocycles. The topological polar surface area (TPSA) is 35.3 Å². The van der Waals surface area contributed by atoms with Crippen LogP contribution in [0.5, 0.6) is 5.75 Å². The molecule has 0 amide bonds. The minimum atomic E-state index is 0.715. The van der Waals surface area contributed by atoms with Gasteiger partial charge in [0, 0.05) is 5.39 Å². The van der Waals surface area contributed by atoms with E-state index in [1.807, 2.05) is 42.5 Å². The molecule has 0 saturated heterocycles. The van der Waals surface area contributed by atoms with Crippen LogP contribution in [0.25, 0.3) is 22.4 Å². The zero-order valence-corrected chi connectivity index (χ0v) is 9.38. The van der Waals surface area contributed by atoms with Gasteiger partial charge in [0.1, 0.15) is 11.4 Å². The fourth-order valence-corrected chi connectivity index (χ4v) is 1.84. The number of pyridine rings is 1. The van der Waals surface area contributed by atoms with Crippen molar-refractivity contribution in [2.45, 2.75) is 0 Å². The lowest BCUT2D eigenvalue weighted by Gasteiger charge is -2.07. The van der Waals surface area contributed by atoms with Crippen molar-refractivity contribution < 1.29 is 9.15 Å². The molecule has 0 saturated carbocycles. The molecular formula is C14H11NO2. The number of hydrogen-bond acceptors (Lipinski definition) is 3. The number of benzene rings is 1. The Balaban J connectivity index is 2.29. The van der Waals surface area contributed by atoms with Gasteiger partial charge in [0.05, 0.1) is 18.9 Å². The SMILES string of the molecule is COc1cc2ccccc2nc1-c1ccco1. The molecule has 0 aliphatic carbocycles. The van der Waals surface area contributed by atoms with Crippen LogP contribution in [0.1, 0.15) is 0 Å². The summed E-state index contributed by atoms with van der Waals surface area (Å²) in [5, 5.41) is 1.06. The fourth-order valence-electron chi connectivity index (χ4n) is 1.84. The molecular weight excluding hydrogens is 214 g/mol. The Hall–Kier alpha value is -2.29. The average Bonchev–Trinajstić information content (AvgIpc) is 2.91. The molecule has 3 rings (SSSR count). The first-order valence-corrected chi connectivity index (χ1v) is 5.36. The van der Waals surface area contributed by atoms with E-state index in [4.69, 9.17) is 9.15 Å². The lowest BCUT2D eigenvalue weighted by atomic mass is 10.1. The third-order valence-electron chi connectivity index (χ3n) is 2.66. The van der Waals surface area contributed by atoms with Gasteiger partial charge in [0.2, 0.25) is 0 Å². The fraction of sp³-hybridized carbons (Fsp3) is 0.0714. The van der Waals surface area contributed by atoms with E-state index >= 15 is 0 Å². The number of ether oxygens (including phenoxy) is 1. The second-order valence-electron chi connectivity index (χ2n) is 3.71. The number of hydrogen-bond donors (Lipinski definition) is 0. The highest BCUT2D eigenvalue weighted by molar-refractivity contribution is 5.84. The van der Waals surface area contributed by atoms with Gasteiger partial charge in [-0.15, -0.1) is 0 Å². The van der Waals surface area contributed by atoms with Crippen LogP contribution in [0.2, 0.25) is 0 Å². The molecule has 3 nitrogen and oxygen atoms in total. The first kappa shape index (κ1) is 9.90. The van der Waals surface area contributed by atoms with Gasteiger partial charge in [0.25, 0.3) is 0 Å².